The van der Waals surface area contributed by atoms with Crippen LogP contribution in [0.2, 0.25) is 4.34 Å². The zero-order valence-corrected chi connectivity index (χ0v) is 13.1. The van der Waals surface area contributed by atoms with Crippen LogP contribution in [0, 0.1) is 0 Å². The standard InChI is InChI=1S/C16H15ClN2OS/c1-11(12-6-8-18-9-7-12)19-16(13-3-2-10-20-13)14-4-5-15(17)21-14/h2-11,16,19H,1H3/t11-,16?/m0/s1. The van der Waals surface area contributed by atoms with Gasteiger partial charge in [0.15, 0.2) is 0 Å². The molecule has 0 spiro atoms. The van der Waals surface area contributed by atoms with E-state index in [-0.39, 0.29) is 12.1 Å². The first-order valence-electron chi connectivity index (χ1n) is 6.68. The van der Waals surface area contributed by atoms with Gasteiger partial charge in [0, 0.05) is 23.3 Å². The van der Waals surface area contributed by atoms with Gasteiger partial charge in [0.05, 0.1) is 10.6 Å². The second kappa shape index (κ2) is 6.43. The van der Waals surface area contributed by atoms with E-state index in [9.17, 15) is 0 Å². The first kappa shape index (κ1) is 14.3. The molecule has 0 radical (unpaired) electrons. The minimum atomic E-state index is -0.0133. The molecule has 3 nitrogen and oxygen atoms in total. The molecule has 3 aromatic heterocycles. The van der Waals surface area contributed by atoms with E-state index in [1.54, 1.807) is 30.0 Å². The average molecular weight is 319 g/mol. The fourth-order valence-electron chi connectivity index (χ4n) is 2.24. The van der Waals surface area contributed by atoms with Gasteiger partial charge in [-0.3, -0.25) is 10.3 Å². The molecule has 1 unspecified atom stereocenters. The van der Waals surface area contributed by atoms with Gasteiger partial charge in [0.1, 0.15) is 11.8 Å². The predicted molar refractivity (Wildman–Crippen MR) is 85.7 cm³/mol. The molecule has 21 heavy (non-hydrogen) atoms. The summed E-state index contributed by atoms with van der Waals surface area (Å²) in [7, 11) is 0. The largest absolute Gasteiger partial charge is 0.467 e. The predicted octanol–water partition coefficient (Wildman–Crippen LogP) is 4.83. The van der Waals surface area contributed by atoms with Gasteiger partial charge in [0.2, 0.25) is 0 Å². The highest BCUT2D eigenvalue weighted by atomic mass is 35.5. The number of thiophene rings is 1. The lowest BCUT2D eigenvalue weighted by atomic mass is 10.1. The smallest absolute Gasteiger partial charge is 0.126 e. The Labute approximate surface area is 132 Å². The van der Waals surface area contributed by atoms with Crippen molar-refractivity contribution in [3.05, 3.63) is 75.6 Å². The molecule has 1 N–H and O–H groups in total. The third kappa shape index (κ3) is 3.35. The van der Waals surface area contributed by atoms with Gasteiger partial charge in [-0.05, 0) is 48.9 Å². The molecule has 3 aromatic rings. The van der Waals surface area contributed by atoms with Crippen molar-refractivity contribution in [1.82, 2.24) is 10.3 Å². The van der Waals surface area contributed by atoms with Gasteiger partial charge < -0.3 is 4.42 Å². The minimum absolute atomic E-state index is 0.0133. The Hall–Kier alpha value is -1.62. The Balaban J connectivity index is 1.86. The molecular weight excluding hydrogens is 304 g/mol. The topological polar surface area (TPSA) is 38.1 Å². The molecular formula is C16H15ClN2OS. The highest BCUT2D eigenvalue weighted by Gasteiger charge is 2.21. The zero-order valence-electron chi connectivity index (χ0n) is 11.5. The van der Waals surface area contributed by atoms with Gasteiger partial charge in [-0.2, -0.15) is 0 Å². The molecule has 0 aliphatic heterocycles. The third-order valence-corrected chi connectivity index (χ3v) is 4.62. The van der Waals surface area contributed by atoms with Crippen LogP contribution in [-0.2, 0) is 0 Å². The highest BCUT2D eigenvalue weighted by Crippen LogP contribution is 2.33. The summed E-state index contributed by atoms with van der Waals surface area (Å²) in [6.45, 7) is 2.13. The van der Waals surface area contributed by atoms with Gasteiger partial charge >= 0.3 is 0 Å². The number of nitrogens with zero attached hydrogens (tertiary/aromatic N) is 1. The summed E-state index contributed by atoms with van der Waals surface area (Å²) >= 11 is 7.63. The number of hydrogen-bond acceptors (Lipinski definition) is 4. The van der Waals surface area contributed by atoms with Gasteiger partial charge in [0.25, 0.3) is 0 Å². The van der Waals surface area contributed by atoms with Gasteiger partial charge in [-0.25, -0.2) is 0 Å². The summed E-state index contributed by atoms with van der Waals surface area (Å²) in [6, 6.07) is 12.0. The molecule has 5 heteroatoms. The highest BCUT2D eigenvalue weighted by molar-refractivity contribution is 7.16. The molecule has 3 rings (SSSR count). The number of aromatic nitrogens is 1. The monoisotopic (exact) mass is 318 g/mol. The molecule has 108 valence electrons. The fourth-order valence-corrected chi connectivity index (χ4v) is 3.37. The first-order valence-corrected chi connectivity index (χ1v) is 7.88. The molecule has 2 atom stereocenters. The van der Waals surface area contributed by atoms with Crippen LogP contribution < -0.4 is 5.32 Å². The Morgan fingerprint density at radius 2 is 2.00 bits per heavy atom. The van der Waals surface area contributed by atoms with Crippen molar-refractivity contribution in [2.24, 2.45) is 0 Å². The van der Waals surface area contributed by atoms with Crippen molar-refractivity contribution >= 4 is 22.9 Å². The normalized spacial score (nSPS) is 14.0. The van der Waals surface area contributed by atoms with Crippen LogP contribution >= 0.6 is 22.9 Å². The zero-order chi connectivity index (χ0) is 14.7. The summed E-state index contributed by atoms with van der Waals surface area (Å²) in [6.07, 6.45) is 5.30. The fraction of sp³-hybridized carbons (Fsp3) is 0.188. The second-order valence-electron chi connectivity index (χ2n) is 4.76. The molecule has 0 aliphatic carbocycles. The lowest BCUT2D eigenvalue weighted by Gasteiger charge is -2.21. The van der Waals surface area contributed by atoms with E-state index in [2.05, 4.69) is 17.2 Å². The quantitative estimate of drug-likeness (QED) is 0.732. The Bertz CT molecular complexity index is 681. The summed E-state index contributed by atoms with van der Waals surface area (Å²) in [5.74, 6) is 0.884. The van der Waals surface area contributed by atoms with Crippen LogP contribution in [0.1, 0.15) is 35.2 Å². The van der Waals surface area contributed by atoms with E-state index in [4.69, 9.17) is 16.0 Å². The number of hydrogen-bond donors (Lipinski definition) is 1. The SMILES string of the molecule is C[C@H](NC(c1ccco1)c1ccc(Cl)s1)c1ccncc1. The summed E-state index contributed by atoms with van der Waals surface area (Å²) in [5.41, 5.74) is 1.18. The minimum Gasteiger partial charge on any atom is -0.467 e. The van der Waals surface area contributed by atoms with Crippen molar-refractivity contribution in [2.45, 2.75) is 19.0 Å². The van der Waals surface area contributed by atoms with Crippen molar-refractivity contribution in [2.75, 3.05) is 0 Å². The van der Waals surface area contributed by atoms with E-state index >= 15 is 0 Å². The number of nitrogens with one attached hydrogen (secondary N) is 1. The van der Waals surface area contributed by atoms with Crippen molar-refractivity contribution in [3.8, 4) is 0 Å². The number of rotatable bonds is 5. The molecule has 0 bridgehead atoms. The number of halogens is 1. The van der Waals surface area contributed by atoms with E-state index in [0.717, 1.165) is 15.0 Å². The van der Waals surface area contributed by atoms with Gasteiger partial charge in [-0.1, -0.05) is 11.6 Å². The summed E-state index contributed by atoms with van der Waals surface area (Å²) < 4.78 is 6.36. The average Bonchev–Trinajstić information content (AvgIpc) is 3.17. The molecule has 0 saturated heterocycles. The molecule has 0 amide bonds. The molecule has 0 fully saturated rings. The maximum atomic E-state index is 6.07. The van der Waals surface area contributed by atoms with E-state index < -0.39 is 0 Å². The van der Waals surface area contributed by atoms with E-state index in [1.165, 1.54) is 5.56 Å². The molecule has 0 aromatic carbocycles. The number of furan rings is 1. The van der Waals surface area contributed by atoms with Crippen molar-refractivity contribution in [3.63, 3.8) is 0 Å². The molecule has 3 heterocycles. The summed E-state index contributed by atoms with van der Waals surface area (Å²) in [5, 5.41) is 3.60. The van der Waals surface area contributed by atoms with Crippen LogP contribution in [0.15, 0.2) is 59.5 Å². The van der Waals surface area contributed by atoms with Crippen molar-refractivity contribution < 1.29 is 4.42 Å². The Morgan fingerprint density at radius 3 is 2.62 bits per heavy atom. The van der Waals surface area contributed by atoms with E-state index in [1.807, 2.05) is 36.4 Å². The first-order chi connectivity index (χ1) is 10.2. The lowest BCUT2D eigenvalue weighted by molar-refractivity contribution is 0.422. The Morgan fingerprint density at radius 1 is 1.19 bits per heavy atom. The van der Waals surface area contributed by atoms with Crippen LogP contribution in [0.25, 0.3) is 0 Å². The second-order valence-corrected chi connectivity index (χ2v) is 6.51. The van der Waals surface area contributed by atoms with E-state index in [0.29, 0.717) is 0 Å². The third-order valence-electron chi connectivity index (χ3n) is 3.33. The summed E-state index contributed by atoms with van der Waals surface area (Å²) in [4.78, 5) is 5.19. The van der Waals surface area contributed by atoms with Crippen LogP contribution in [-0.4, -0.2) is 4.98 Å². The molecule has 0 saturated carbocycles. The van der Waals surface area contributed by atoms with Gasteiger partial charge in [-0.15, -0.1) is 11.3 Å². The van der Waals surface area contributed by atoms with Crippen LogP contribution in [0.4, 0.5) is 0 Å². The van der Waals surface area contributed by atoms with Crippen LogP contribution in [0.3, 0.4) is 0 Å². The maximum absolute atomic E-state index is 6.07. The lowest BCUT2D eigenvalue weighted by Crippen LogP contribution is -2.24. The molecule has 0 aliphatic rings. The Kier molecular flexibility index (Phi) is 4.39. The maximum Gasteiger partial charge on any atom is 0.126 e. The van der Waals surface area contributed by atoms with Crippen LogP contribution in [0.5, 0.6) is 0 Å². The number of pyridine rings is 1. The van der Waals surface area contributed by atoms with Crippen molar-refractivity contribution in [1.29, 1.82) is 0 Å².